The maximum absolute atomic E-state index is 3.45. The van der Waals surface area contributed by atoms with Crippen molar-refractivity contribution in [1.82, 2.24) is 19.8 Å². The Labute approximate surface area is 209 Å². The molecule has 2 aromatic carbocycles. The molecule has 4 heteroatoms. The number of aromatic nitrogens is 2. The first-order valence-corrected chi connectivity index (χ1v) is 13.9. The third-order valence-electron chi connectivity index (χ3n) is 8.73. The Morgan fingerprint density at radius 3 is 1.49 bits per heavy atom. The molecule has 0 aliphatic carbocycles. The SMILES string of the molecule is c1ccc2c(CC3CCN(CCCN4CCC(Cc5c[nH]c6ccccc56)CC4)CC3)c[nH]c2c1. The molecular formula is C31H40N4. The zero-order valence-electron chi connectivity index (χ0n) is 21.0. The molecule has 2 aliphatic heterocycles. The first kappa shape index (κ1) is 22.9. The summed E-state index contributed by atoms with van der Waals surface area (Å²) in [6.07, 6.45) is 13.6. The summed E-state index contributed by atoms with van der Waals surface area (Å²) in [5.41, 5.74) is 5.57. The highest BCUT2D eigenvalue weighted by Crippen LogP contribution is 2.28. The minimum absolute atomic E-state index is 0.835. The van der Waals surface area contributed by atoms with E-state index < -0.39 is 0 Å². The number of H-pyrrole nitrogens is 2. The molecule has 4 aromatic rings. The van der Waals surface area contributed by atoms with Gasteiger partial charge in [-0.25, -0.2) is 0 Å². The van der Waals surface area contributed by atoms with E-state index in [1.165, 1.54) is 117 Å². The van der Waals surface area contributed by atoms with Crippen molar-refractivity contribution >= 4 is 21.8 Å². The molecule has 0 unspecified atom stereocenters. The van der Waals surface area contributed by atoms with E-state index in [1.54, 1.807) is 0 Å². The largest absolute Gasteiger partial charge is 0.361 e. The smallest absolute Gasteiger partial charge is 0.0456 e. The van der Waals surface area contributed by atoms with Gasteiger partial charge in [0.25, 0.3) is 0 Å². The van der Waals surface area contributed by atoms with Crippen LogP contribution in [-0.2, 0) is 12.8 Å². The summed E-state index contributed by atoms with van der Waals surface area (Å²) in [7, 11) is 0. The van der Waals surface area contributed by atoms with Crippen LogP contribution in [0.15, 0.2) is 60.9 Å². The zero-order chi connectivity index (χ0) is 23.5. The molecule has 6 rings (SSSR count). The quantitative estimate of drug-likeness (QED) is 0.321. The highest BCUT2D eigenvalue weighted by Gasteiger charge is 2.22. The molecule has 0 bridgehead atoms. The van der Waals surface area contributed by atoms with E-state index >= 15 is 0 Å². The fourth-order valence-electron chi connectivity index (χ4n) is 6.57. The highest BCUT2D eigenvalue weighted by molar-refractivity contribution is 5.83. The van der Waals surface area contributed by atoms with Gasteiger partial charge in [0.1, 0.15) is 0 Å². The number of piperidine rings is 2. The molecular weight excluding hydrogens is 428 g/mol. The lowest BCUT2D eigenvalue weighted by atomic mass is 9.89. The van der Waals surface area contributed by atoms with Crippen LogP contribution in [0.3, 0.4) is 0 Å². The summed E-state index contributed by atoms with van der Waals surface area (Å²) < 4.78 is 0. The lowest BCUT2D eigenvalue weighted by molar-refractivity contribution is 0.152. The van der Waals surface area contributed by atoms with Gasteiger partial charge in [-0.05, 0) is 119 Å². The van der Waals surface area contributed by atoms with Crippen molar-refractivity contribution in [2.24, 2.45) is 11.8 Å². The number of hydrogen-bond donors (Lipinski definition) is 2. The average molecular weight is 469 g/mol. The van der Waals surface area contributed by atoms with Gasteiger partial charge in [0, 0.05) is 34.2 Å². The first-order chi connectivity index (χ1) is 17.3. The molecule has 4 heterocycles. The van der Waals surface area contributed by atoms with Gasteiger partial charge in [0.05, 0.1) is 0 Å². The van der Waals surface area contributed by atoms with Gasteiger partial charge in [-0.3, -0.25) is 0 Å². The Balaban J connectivity index is 0.888. The number of nitrogens with one attached hydrogen (secondary N) is 2. The van der Waals surface area contributed by atoms with Crippen LogP contribution in [0.5, 0.6) is 0 Å². The van der Waals surface area contributed by atoms with Crippen LogP contribution in [-0.4, -0.2) is 59.0 Å². The Morgan fingerprint density at radius 1 is 0.600 bits per heavy atom. The van der Waals surface area contributed by atoms with Crippen LogP contribution in [0.1, 0.15) is 43.2 Å². The van der Waals surface area contributed by atoms with Crippen molar-refractivity contribution in [3.05, 3.63) is 72.1 Å². The Morgan fingerprint density at radius 2 is 1.03 bits per heavy atom. The van der Waals surface area contributed by atoms with E-state index in [4.69, 9.17) is 0 Å². The molecule has 0 saturated carbocycles. The predicted molar refractivity (Wildman–Crippen MR) is 147 cm³/mol. The molecule has 0 spiro atoms. The number of para-hydroxylation sites is 2. The number of fused-ring (bicyclic) bond motifs is 2. The fourth-order valence-corrected chi connectivity index (χ4v) is 6.57. The summed E-state index contributed by atoms with van der Waals surface area (Å²) in [5.74, 6) is 1.67. The van der Waals surface area contributed by atoms with Gasteiger partial charge < -0.3 is 19.8 Å². The molecule has 2 N–H and O–H groups in total. The molecule has 35 heavy (non-hydrogen) atoms. The van der Waals surface area contributed by atoms with Crippen molar-refractivity contribution in [3.8, 4) is 0 Å². The lowest BCUT2D eigenvalue weighted by Crippen LogP contribution is -2.38. The molecule has 4 nitrogen and oxygen atoms in total. The van der Waals surface area contributed by atoms with Crippen LogP contribution in [0.2, 0.25) is 0 Å². The van der Waals surface area contributed by atoms with Crippen LogP contribution < -0.4 is 0 Å². The number of aromatic amines is 2. The van der Waals surface area contributed by atoms with E-state index in [2.05, 4.69) is 80.7 Å². The normalized spacial score (nSPS) is 19.2. The monoisotopic (exact) mass is 468 g/mol. The highest BCUT2D eigenvalue weighted by atomic mass is 15.2. The van der Waals surface area contributed by atoms with Crippen molar-refractivity contribution in [2.45, 2.75) is 44.9 Å². The third kappa shape index (κ3) is 5.34. The minimum atomic E-state index is 0.835. The van der Waals surface area contributed by atoms with Crippen molar-refractivity contribution in [1.29, 1.82) is 0 Å². The maximum Gasteiger partial charge on any atom is 0.0456 e. The van der Waals surface area contributed by atoms with Crippen LogP contribution in [0, 0.1) is 11.8 Å². The number of benzene rings is 2. The second kappa shape index (κ2) is 10.6. The summed E-state index contributed by atoms with van der Waals surface area (Å²) in [6.45, 7) is 7.66. The first-order valence-electron chi connectivity index (χ1n) is 13.9. The molecule has 0 atom stereocenters. The summed E-state index contributed by atoms with van der Waals surface area (Å²) in [5, 5.41) is 2.83. The Kier molecular flexibility index (Phi) is 6.92. The number of hydrogen-bond acceptors (Lipinski definition) is 2. The molecule has 184 valence electrons. The standard InChI is InChI=1S/C31H40N4/c1-3-8-30-28(6-1)26(22-32-30)20-24-10-16-34(17-11-24)14-5-15-35-18-12-25(13-19-35)21-27-23-33-31-9-4-2-7-29(27)31/h1-4,6-9,22-25,32-33H,5,10-21H2. The molecule has 0 amide bonds. The van der Waals surface area contributed by atoms with Gasteiger partial charge in [-0.2, -0.15) is 0 Å². The summed E-state index contributed by atoms with van der Waals surface area (Å²) >= 11 is 0. The van der Waals surface area contributed by atoms with Crippen molar-refractivity contribution < 1.29 is 0 Å². The van der Waals surface area contributed by atoms with Crippen LogP contribution in [0.25, 0.3) is 21.8 Å². The number of rotatable bonds is 8. The van der Waals surface area contributed by atoms with Gasteiger partial charge in [0.15, 0.2) is 0 Å². The fraction of sp³-hybridized carbons (Fsp3) is 0.484. The molecule has 2 aromatic heterocycles. The number of likely N-dealkylation sites (tertiary alicyclic amines) is 2. The van der Waals surface area contributed by atoms with Crippen LogP contribution in [0.4, 0.5) is 0 Å². The lowest BCUT2D eigenvalue weighted by Gasteiger charge is -2.34. The second-order valence-corrected chi connectivity index (χ2v) is 11.1. The van der Waals surface area contributed by atoms with E-state index in [9.17, 15) is 0 Å². The summed E-state index contributed by atoms with van der Waals surface area (Å²) in [4.78, 5) is 12.3. The van der Waals surface area contributed by atoms with Gasteiger partial charge >= 0.3 is 0 Å². The molecule has 0 radical (unpaired) electrons. The maximum atomic E-state index is 3.45. The van der Waals surface area contributed by atoms with E-state index in [1.807, 2.05) is 0 Å². The second-order valence-electron chi connectivity index (χ2n) is 11.1. The van der Waals surface area contributed by atoms with Gasteiger partial charge in [-0.15, -0.1) is 0 Å². The molecule has 2 saturated heterocycles. The summed E-state index contributed by atoms with van der Waals surface area (Å²) in [6, 6.07) is 17.5. The third-order valence-corrected chi connectivity index (χ3v) is 8.73. The van der Waals surface area contributed by atoms with E-state index in [-0.39, 0.29) is 0 Å². The van der Waals surface area contributed by atoms with Crippen molar-refractivity contribution in [2.75, 3.05) is 39.3 Å². The van der Waals surface area contributed by atoms with E-state index in [0.29, 0.717) is 0 Å². The topological polar surface area (TPSA) is 38.1 Å². The molecule has 2 fully saturated rings. The zero-order valence-corrected chi connectivity index (χ0v) is 21.0. The van der Waals surface area contributed by atoms with Gasteiger partial charge in [0.2, 0.25) is 0 Å². The minimum Gasteiger partial charge on any atom is -0.361 e. The average Bonchev–Trinajstić information content (AvgIpc) is 3.50. The van der Waals surface area contributed by atoms with E-state index in [0.717, 1.165) is 11.8 Å². The predicted octanol–water partition coefficient (Wildman–Crippen LogP) is 6.25. The number of nitrogens with zero attached hydrogens (tertiary/aromatic N) is 2. The van der Waals surface area contributed by atoms with Crippen molar-refractivity contribution in [3.63, 3.8) is 0 Å². The van der Waals surface area contributed by atoms with Gasteiger partial charge in [-0.1, -0.05) is 36.4 Å². The van der Waals surface area contributed by atoms with Crippen LogP contribution >= 0.6 is 0 Å². The Hall–Kier alpha value is -2.56. The molecule has 2 aliphatic rings. The Bertz CT molecular complexity index is 1120.